The van der Waals surface area contributed by atoms with Crippen LogP contribution in [0.2, 0.25) is 0 Å². The summed E-state index contributed by atoms with van der Waals surface area (Å²) in [7, 11) is 1.51. The lowest BCUT2D eigenvalue weighted by atomic mass is 9.76. The average Bonchev–Trinajstić information content (AvgIpc) is 2.61. The number of halogens is 1. The molecule has 0 radical (unpaired) electrons. The van der Waals surface area contributed by atoms with Crippen molar-refractivity contribution in [3.63, 3.8) is 0 Å². The highest BCUT2D eigenvalue weighted by Crippen LogP contribution is 2.40. The highest BCUT2D eigenvalue weighted by atomic mass is 19.1. The Hall–Kier alpha value is -1.25. The van der Waals surface area contributed by atoms with Gasteiger partial charge in [0.05, 0.1) is 7.11 Å². The molecule has 0 aromatic heterocycles. The van der Waals surface area contributed by atoms with Crippen molar-refractivity contribution in [1.29, 1.82) is 0 Å². The maximum Gasteiger partial charge on any atom is 0.168 e. The smallest absolute Gasteiger partial charge is 0.168 e. The maximum absolute atomic E-state index is 13.9. The Balaban J connectivity index is 1.54. The van der Waals surface area contributed by atoms with E-state index in [1.807, 2.05) is 0 Å². The van der Waals surface area contributed by atoms with E-state index in [0.717, 1.165) is 30.1 Å². The lowest BCUT2D eigenvalue weighted by molar-refractivity contribution is 0.0750. The van der Waals surface area contributed by atoms with Crippen LogP contribution >= 0.6 is 0 Å². The molecule has 0 saturated heterocycles. The molecular weight excluding hydrogens is 303 g/mol. The van der Waals surface area contributed by atoms with Gasteiger partial charge < -0.3 is 9.47 Å². The zero-order valence-electron chi connectivity index (χ0n) is 15.2. The molecule has 0 N–H and O–H groups in total. The third kappa shape index (κ3) is 4.04. The second-order valence-corrected chi connectivity index (χ2v) is 7.57. The third-order valence-corrected chi connectivity index (χ3v) is 5.94. The first-order valence-corrected chi connectivity index (χ1v) is 9.74. The molecule has 1 heterocycles. The van der Waals surface area contributed by atoms with Gasteiger partial charge in [0.1, 0.15) is 11.9 Å². The van der Waals surface area contributed by atoms with Gasteiger partial charge in [0.25, 0.3) is 0 Å². The van der Waals surface area contributed by atoms with Gasteiger partial charge in [-0.1, -0.05) is 45.4 Å². The summed E-state index contributed by atoms with van der Waals surface area (Å²) in [5, 5.41) is 0. The predicted molar refractivity (Wildman–Crippen MR) is 95.3 cm³/mol. The van der Waals surface area contributed by atoms with Gasteiger partial charge in [0.2, 0.25) is 0 Å². The second-order valence-electron chi connectivity index (χ2n) is 7.57. The van der Waals surface area contributed by atoms with Crippen molar-refractivity contribution in [3.8, 4) is 11.5 Å². The minimum atomic E-state index is -0.323. The van der Waals surface area contributed by atoms with E-state index in [-0.39, 0.29) is 11.9 Å². The summed E-state index contributed by atoms with van der Waals surface area (Å²) in [5.41, 5.74) is 1.08. The summed E-state index contributed by atoms with van der Waals surface area (Å²) in [6.07, 6.45) is 13.0. The van der Waals surface area contributed by atoms with E-state index in [4.69, 9.17) is 9.47 Å². The number of unbranched alkanes of at least 4 members (excludes halogenated alkanes) is 2. The van der Waals surface area contributed by atoms with Crippen LogP contribution in [0.1, 0.15) is 70.3 Å². The maximum atomic E-state index is 13.9. The summed E-state index contributed by atoms with van der Waals surface area (Å²) in [4.78, 5) is 0. The molecule has 24 heavy (non-hydrogen) atoms. The fraction of sp³-hybridized carbons (Fsp3) is 0.714. The van der Waals surface area contributed by atoms with Crippen LogP contribution in [-0.4, -0.2) is 13.2 Å². The Morgan fingerprint density at radius 3 is 2.62 bits per heavy atom. The number of hydrogen-bond acceptors (Lipinski definition) is 2. The summed E-state index contributed by atoms with van der Waals surface area (Å²) in [5.74, 6) is 2.30. The first-order valence-electron chi connectivity index (χ1n) is 9.74. The lowest BCUT2D eigenvalue weighted by Gasteiger charge is -2.36. The van der Waals surface area contributed by atoms with E-state index in [0.29, 0.717) is 11.7 Å². The van der Waals surface area contributed by atoms with Crippen LogP contribution in [0.3, 0.4) is 0 Å². The second kappa shape index (κ2) is 8.22. The standard InChI is InChI=1S/C21H31FO2/c1-3-4-5-6-15-7-9-16(10-8-15)19-12-11-17-13-21(23-2)18(22)14-20(17)24-19/h13-16,19H,3-12H2,1-2H3. The first kappa shape index (κ1) is 17.6. The van der Waals surface area contributed by atoms with E-state index >= 15 is 0 Å². The number of rotatable bonds is 6. The van der Waals surface area contributed by atoms with E-state index in [9.17, 15) is 4.39 Å². The monoisotopic (exact) mass is 334 g/mol. The molecule has 1 aliphatic carbocycles. The molecular formula is C21H31FO2. The van der Waals surface area contributed by atoms with Gasteiger partial charge >= 0.3 is 0 Å². The Bertz CT molecular complexity index is 535. The summed E-state index contributed by atoms with van der Waals surface area (Å²) >= 11 is 0. The van der Waals surface area contributed by atoms with E-state index in [1.165, 1.54) is 64.5 Å². The molecule has 3 rings (SSSR count). The summed E-state index contributed by atoms with van der Waals surface area (Å²) < 4.78 is 25.2. The number of methoxy groups -OCH3 is 1. The minimum Gasteiger partial charge on any atom is -0.494 e. The molecule has 1 aromatic rings. The van der Waals surface area contributed by atoms with Crippen LogP contribution in [0.25, 0.3) is 0 Å². The van der Waals surface area contributed by atoms with Crippen molar-refractivity contribution in [3.05, 3.63) is 23.5 Å². The fourth-order valence-corrected chi connectivity index (χ4v) is 4.42. The number of hydrogen-bond donors (Lipinski definition) is 0. The van der Waals surface area contributed by atoms with Gasteiger partial charge in [0, 0.05) is 6.07 Å². The third-order valence-electron chi connectivity index (χ3n) is 5.94. The molecule has 134 valence electrons. The molecule has 2 aliphatic rings. The van der Waals surface area contributed by atoms with Crippen molar-refractivity contribution in [2.75, 3.05) is 7.11 Å². The van der Waals surface area contributed by atoms with Crippen LogP contribution in [-0.2, 0) is 6.42 Å². The van der Waals surface area contributed by atoms with Crippen molar-refractivity contribution >= 4 is 0 Å². The zero-order chi connectivity index (χ0) is 16.9. The van der Waals surface area contributed by atoms with Crippen LogP contribution in [0.5, 0.6) is 11.5 Å². The summed E-state index contributed by atoms with van der Waals surface area (Å²) in [6, 6.07) is 3.31. The summed E-state index contributed by atoms with van der Waals surface area (Å²) in [6.45, 7) is 2.27. The van der Waals surface area contributed by atoms with Gasteiger partial charge in [-0.25, -0.2) is 4.39 Å². The van der Waals surface area contributed by atoms with E-state index in [2.05, 4.69) is 6.92 Å². The molecule has 0 amide bonds. The Morgan fingerprint density at radius 1 is 1.12 bits per heavy atom. The van der Waals surface area contributed by atoms with E-state index in [1.54, 1.807) is 6.07 Å². The van der Waals surface area contributed by atoms with Gasteiger partial charge in [-0.2, -0.15) is 0 Å². The molecule has 2 nitrogen and oxygen atoms in total. The van der Waals surface area contributed by atoms with Crippen LogP contribution in [0.4, 0.5) is 4.39 Å². The highest BCUT2D eigenvalue weighted by molar-refractivity contribution is 5.42. The normalized spacial score (nSPS) is 26.5. The molecule has 1 atom stereocenters. The van der Waals surface area contributed by atoms with Crippen LogP contribution in [0.15, 0.2) is 12.1 Å². The molecule has 1 aliphatic heterocycles. The molecule has 1 unspecified atom stereocenters. The van der Waals surface area contributed by atoms with Crippen molar-refractivity contribution in [2.24, 2.45) is 11.8 Å². The fourth-order valence-electron chi connectivity index (χ4n) is 4.42. The molecule has 0 spiro atoms. The molecule has 0 bridgehead atoms. The molecule has 1 fully saturated rings. The Kier molecular flexibility index (Phi) is 6.02. The van der Waals surface area contributed by atoms with Gasteiger partial charge in [-0.15, -0.1) is 0 Å². The highest BCUT2D eigenvalue weighted by Gasteiger charge is 2.31. The quantitative estimate of drug-likeness (QED) is 0.602. The molecule has 1 aromatic carbocycles. The number of ether oxygens (including phenoxy) is 2. The van der Waals surface area contributed by atoms with Gasteiger partial charge in [-0.3, -0.25) is 0 Å². The Morgan fingerprint density at radius 2 is 1.92 bits per heavy atom. The number of fused-ring (bicyclic) bond motifs is 1. The van der Waals surface area contributed by atoms with Crippen molar-refractivity contribution < 1.29 is 13.9 Å². The zero-order valence-corrected chi connectivity index (χ0v) is 15.2. The lowest BCUT2D eigenvalue weighted by Crippen LogP contribution is -2.33. The Labute approximate surface area is 145 Å². The van der Waals surface area contributed by atoms with Gasteiger partial charge in [-0.05, 0) is 49.1 Å². The van der Waals surface area contributed by atoms with Crippen LogP contribution < -0.4 is 9.47 Å². The van der Waals surface area contributed by atoms with Crippen molar-refractivity contribution in [1.82, 2.24) is 0 Å². The molecule has 1 saturated carbocycles. The SMILES string of the molecule is CCCCCC1CCC(C2CCc3cc(OC)c(F)cc3O2)CC1. The largest absolute Gasteiger partial charge is 0.494 e. The number of benzene rings is 1. The predicted octanol–water partition coefficient (Wildman–Crippen LogP) is 5.91. The first-order chi connectivity index (χ1) is 11.7. The molecule has 3 heteroatoms. The average molecular weight is 334 g/mol. The minimum absolute atomic E-state index is 0.266. The van der Waals surface area contributed by atoms with Crippen molar-refractivity contribution in [2.45, 2.75) is 77.2 Å². The van der Waals surface area contributed by atoms with Gasteiger partial charge in [0.15, 0.2) is 11.6 Å². The number of aryl methyl sites for hydroxylation is 1. The van der Waals surface area contributed by atoms with Crippen LogP contribution in [0, 0.1) is 17.7 Å². The van der Waals surface area contributed by atoms with E-state index < -0.39 is 0 Å². The topological polar surface area (TPSA) is 18.5 Å².